The third-order valence-electron chi connectivity index (χ3n) is 1.90. The highest BCUT2D eigenvalue weighted by Crippen LogP contribution is 2.20. The Bertz CT molecular complexity index is 506. The van der Waals surface area contributed by atoms with Crippen molar-refractivity contribution in [2.45, 2.75) is 12.7 Å². The van der Waals surface area contributed by atoms with Crippen molar-refractivity contribution in [2.75, 3.05) is 0 Å². The van der Waals surface area contributed by atoms with E-state index in [2.05, 4.69) is 15.3 Å². The van der Waals surface area contributed by atoms with Gasteiger partial charge in [0.1, 0.15) is 6.54 Å². The summed E-state index contributed by atoms with van der Waals surface area (Å²) in [6, 6.07) is 3.06. The molecule has 0 atom stereocenters. The molecule has 90 valence electrons. The SMILES string of the molecule is FC(F)(F)Cn1cc(-c2ccc(Cl)nn2)cn1. The van der Waals surface area contributed by atoms with Gasteiger partial charge in [0.05, 0.1) is 11.9 Å². The number of hydrogen-bond acceptors (Lipinski definition) is 3. The molecule has 4 nitrogen and oxygen atoms in total. The molecule has 0 aliphatic heterocycles. The van der Waals surface area contributed by atoms with Gasteiger partial charge in [0.25, 0.3) is 0 Å². The number of aromatic nitrogens is 4. The van der Waals surface area contributed by atoms with Crippen LogP contribution in [0.15, 0.2) is 24.5 Å². The van der Waals surface area contributed by atoms with Crippen LogP contribution >= 0.6 is 11.6 Å². The minimum Gasteiger partial charge on any atom is -0.263 e. The van der Waals surface area contributed by atoms with Crippen LogP contribution in [0.3, 0.4) is 0 Å². The van der Waals surface area contributed by atoms with E-state index in [1.165, 1.54) is 18.5 Å². The number of hydrogen-bond donors (Lipinski definition) is 0. The molecule has 0 bridgehead atoms. The molecule has 0 fully saturated rings. The van der Waals surface area contributed by atoms with E-state index >= 15 is 0 Å². The Balaban J connectivity index is 2.21. The van der Waals surface area contributed by atoms with Crippen molar-refractivity contribution >= 4 is 11.6 Å². The summed E-state index contributed by atoms with van der Waals surface area (Å²) in [5.74, 6) is 0. The van der Waals surface area contributed by atoms with Gasteiger partial charge in [-0.05, 0) is 12.1 Å². The predicted molar refractivity (Wildman–Crippen MR) is 54.3 cm³/mol. The molecule has 0 aliphatic carbocycles. The molecule has 0 radical (unpaired) electrons. The van der Waals surface area contributed by atoms with Gasteiger partial charge in [0, 0.05) is 11.8 Å². The van der Waals surface area contributed by atoms with Crippen LogP contribution in [0.5, 0.6) is 0 Å². The zero-order valence-corrected chi connectivity index (χ0v) is 9.07. The topological polar surface area (TPSA) is 43.6 Å². The summed E-state index contributed by atoms with van der Waals surface area (Å²) in [6.07, 6.45) is -1.75. The zero-order valence-electron chi connectivity index (χ0n) is 8.32. The standard InChI is InChI=1S/C9H6ClF3N4/c10-8-2-1-7(15-16-8)6-3-14-17(4-6)5-9(11,12)13/h1-4H,5H2. The van der Waals surface area contributed by atoms with Crippen LogP contribution in [0, 0.1) is 0 Å². The fourth-order valence-corrected chi connectivity index (χ4v) is 1.34. The van der Waals surface area contributed by atoms with Crippen molar-refractivity contribution in [3.8, 4) is 11.3 Å². The Morgan fingerprint density at radius 1 is 1.24 bits per heavy atom. The Morgan fingerprint density at radius 2 is 2.00 bits per heavy atom. The average Bonchev–Trinajstić information content (AvgIpc) is 2.64. The molecular weight excluding hydrogens is 257 g/mol. The Labute approximate surface area is 99.0 Å². The highest BCUT2D eigenvalue weighted by Gasteiger charge is 2.28. The largest absolute Gasteiger partial charge is 0.408 e. The second-order valence-corrected chi connectivity index (χ2v) is 3.67. The second-order valence-electron chi connectivity index (χ2n) is 3.28. The lowest BCUT2D eigenvalue weighted by Crippen LogP contribution is -2.17. The third-order valence-corrected chi connectivity index (χ3v) is 2.10. The van der Waals surface area contributed by atoms with Crippen molar-refractivity contribution in [2.24, 2.45) is 0 Å². The van der Waals surface area contributed by atoms with Gasteiger partial charge in [0.15, 0.2) is 5.15 Å². The fraction of sp³-hybridized carbons (Fsp3) is 0.222. The molecule has 0 N–H and O–H groups in total. The highest BCUT2D eigenvalue weighted by molar-refractivity contribution is 6.29. The van der Waals surface area contributed by atoms with Gasteiger partial charge >= 0.3 is 6.18 Å². The van der Waals surface area contributed by atoms with E-state index in [1.54, 1.807) is 6.07 Å². The Kier molecular flexibility index (Phi) is 3.01. The second kappa shape index (κ2) is 4.33. The molecular formula is C9H6ClF3N4. The van der Waals surface area contributed by atoms with Crippen LogP contribution < -0.4 is 0 Å². The maximum atomic E-state index is 12.1. The minimum atomic E-state index is -4.30. The quantitative estimate of drug-likeness (QED) is 0.835. The van der Waals surface area contributed by atoms with Crippen LogP contribution in [0.1, 0.15) is 0 Å². The minimum absolute atomic E-state index is 0.219. The summed E-state index contributed by atoms with van der Waals surface area (Å²) < 4.78 is 37.1. The van der Waals surface area contributed by atoms with Gasteiger partial charge in [-0.2, -0.15) is 18.3 Å². The summed E-state index contributed by atoms with van der Waals surface area (Å²) in [6.45, 7) is -1.13. The van der Waals surface area contributed by atoms with E-state index in [0.29, 0.717) is 11.3 Å². The monoisotopic (exact) mass is 262 g/mol. The molecule has 2 aromatic rings. The van der Waals surface area contributed by atoms with E-state index < -0.39 is 12.7 Å². The lowest BCUT2D eigenvalue weighted by Gasteiger charge is -2.04. The molecule has 8 heteroatoms. The van der Waals surface area contributed by atoms with E-state index in [0.717, 1.165) is 4.68 Å². The van der Waals surface area contributed by atoms with Gasteiger partial charge in [-0.3, -0.25) is 4.68 Å². The summed E-state index contributed by atoms with van der Waals surface area (Å²) in [5, 5.41) is 11.2. The van der Waals surface area contributed by atoms with Crippen molar-refractivity contribution < 1.29 is 13.2 Å². The molecule has 0 aromatic carbocycles. The highest BCUT2D eigenvalue weighted by atomic mass is 35.5. The summed E-state index contributed by atoms with van der Waals surface area (Å²) >= 11 is 5.55. The molecule has 17 heavy (non-hydrogen) atoms. The van der Waals surface area contributed by atoms with Gasteiger partial charge in [-0.15, -0.1) is 10.2 Å². The van der Waals surface area contributed by atoms with Gasteiger partial charge in [-0.1, -0.05) is 11.6 Å². The van der Waals surface area contributed by atoms with Crippen LogP contribution in [0.4, 0.5) is 13.2 Å². The summed E-state index contributed by atoms with van der Waals surface area (Å²) in [4.78, 5) is 0. The molecule has 0 amide bonds. The summed E-state index contributed by atoms with van der Waals surface area (Å²) in [5.41, 5.74) is 0.876. The molecule has 0 saturated heterocycles. The smallest absolute Gasteiger partial charge is 0.263 e. The molecule has 2 heterocycles. The van der Waals surface area contributed by atoms with E-state index in [-0.39, 0.29) is 5.15 Å². The van der Waals surface area contributed by atoms with Gasteiger partial charge in [0.2, 0.25) is 0 Å². The van der Waals surface area contributed by atoms with E-state index in [4.69, 9.17) is 11.6 Å². The van der Waals surface area contributed by atoms with Crippen LogP contribution in [-0.2, 0) is 6.54 Å². The first-order valence-corrected chi connectivity index (χ1v) is 4.91. The number of nitrogens with zero attached hydrogens (tertiary/aromatic N) is 4. The summed E-state index contributed by atoms with van der Waals surface area (Å²) in [7, 11) is 0. The number of alkyl halides is 3. The van der Waals surface area contributed by atoms with Crippen LogP contribution in [-0.4, -0.2) is 26.2 Å². The van der Waals surface area contributed by atoms with Crippen LogP contribution in [0.2, 0.25) is 5.15 Å². The molecule has 2 rings (SSSR count). The van der Waals surface area contributed by atoms with Crippen molar-refractivity contribution in [3.05, 3.63) is 29.7 Å². The number of rotatable bonds is 2. The first-order valence-electron chi connectivity index (χ1n) is 4.53. The first-order chi connectivity index (χ1) is 7.94. The molecule has 0 aliphatic rings. The first kappa shape index (κ1) is 11.8. The van der Waals surface area contributed by atoms with Crippen molar-refractivity contribution in [1.29, 1.82) is 0 Å². The maximum absolute atomic E-state index is 12.1. The Morgan fingerprint density at radius 3 is 2.59 bits per heavy atom. The Hall–Kier alpha value is -1.63. The van der Waals surface area contributed by atoms with E-state index in [1.807, 2.05) is 0 Å². The number of halogens is 4. The van der Waals surface area contributed by atoms with Gasteiger partial charge < -0.3 is 0 Å². The fourth-order valence-electron chi connectivity index (χ4n) is 1.24. The third kappa shape index (κ3) is 3.16. The maximum Gasteiger partial charge on any atom is 0.408 e. The normalized spacial score (nSPS) is 11.8. The van der Waals surface area contributed by atoms with Crippen molar-refractivity contribution in [1.82, 2.24) is 20.0 Å². The molecule has 0 saturated carbocycles. The van der Waals surface area contributed by atoms with Crippen LogP contribution in [0.25, 0.3) is 11.3 Å². The predicted octanol–water partition coefficient (Wildman–Crippen LogP) is 2.56. The average molecular weight is 263 g/mol. The zero-order chi connectivity index (χ0) is 12.5. The lowest BCUT2D eigenvalue weighted by atomic mass is 10.2. The molecule has 0 spiro atoms. The lowest BCUT2D eigenvalue weighted by molar-refractivity contribution is -0.142. The molecule has 2 aromatic heterocycles. The van der Waals surface area contributed by atoms with Gasteiger partial charge in [-0.25, -0.2) is 0 Å². The van der Waals surface area contributed by atoms with Crippen molar-refractivity contribution in [3.63, 3.8) is 0 Å². The molecule has 0 unspecified atom stereocenters. The van der Waals surface area contributed by atoms with E-state index in [9.17, 15) is 13.2 Å².